The van der Waals surface area contributed by atoms with E-state index in [2.05, 4.69) is 31.2 Å². The minimum absolute atomic E-state index is 0.235. The fourth-order valence-corrected chi connectivity index (χ4v) is 1.63. The Balaban J connectivity index is 3.92. The zero-order chi connectivity index (χ0) is 8.20. The van der Waals surface area contributed by atoms with Gasteiger partial charge in [-0.3, -0.25) is 0 Å². The molecular weight excluding hydrogens is 206 g/mol. The standard InChI is InChI=1S/C8H17N.Mo/c1-5-8(4,9)6-7(2)3;/h7H,5-6H2,1-4H3;. The SMILES string of the molecule is CCC(C)(CC(C)C)[N]=[Mo]. The van der Waals surface area contributed by atoms with Crippen LogP contribution >= 0.6 is 0 Å². The summed E-state index contributed by atoms with van der Waals surface area (Å²) in [6, 6.07) is 0. The van der Waals surface area contributed by atoms with Crippen molar-refractivity contribution < 1.29 is 19.6 Å². The molecule has 0 N–H and O–H groups in total. The molecule has 1 unspecified atom stereocenters. The van der Waals surface area contributed by atoms with E-state index in [1.807, 2.05) is 19.6 Å². The Kier molecular flexibility index (Phi) is 4.60. The van der Waals surface area contributed by atoms with Crippen LogP contribution < -0.4 is 0 Å². The molecule has 10 heavy (non-hydrogen) atoms. The first-order chi connectivity index (χ1) is 4.54. The summed E-state index contributed by atoms with van der Waals surface area (Å²) in [7, 11) is 0. The van der Waals surface area contributed by atoms with Crippen molar-refractivity contribution in [2.75, 3.05) is 0 Å². The van der Waals surface area contributed by atoms with Crippen LogP contribution in [0.2, 0.25) is 0 Å². The minimum atomic E-state index is 0.235. The van der Waals surface area contributed by atoms with Crippen LogP contribution in [0.15, 0.2) is 3.50 Å². The van der Waals surface area contributed by atoms with E-state index in [0.29, 0.717) is 0 Å². The van der Waals surface area contributed by atoms with Crippen molar-refractivity contribution in [3.8, 4) is 0 Å². The van der Waals surface area contributed by atoms with E-state index in [0.717, 1.165) is 12.3 Å². The molecule has 0 bridgehead atoms. The van der Waals surface area contributed by atoms with Gasteiger partial charge >= 0.3 is 75.1 Å². The first-order valence-electron chi connectivity index (χ1n) is 3.88. The molecule has 0 saturated heterocycles. The average Bonchev–Trinajstić information content (AvgIpc) is 1.87. The van der Waals surface area contributed by atoms with Gasteiger partial charge in [0.1, 0.15) is 0 Å². The van der Waals surface area contributed by atoms with Gasteiger partial charge < -0.3 is 0 Å². The first kappa shape index (κ1) is 10.5. The summed E-state index contributed by atoms with van der Waals surface area (Å²) in [4.78, 5) is 0. The van der Waals surface area contributed by atoms with Crippen LogP contribution in [0.1, 0.15) is 40.5 Å². The van der Waals surface area contributed by atoms with Crippen LogP contribution in [0.4, 0.5) is 0 Å². The number of hydrogen-bond acceptors (Lipinski definition) is 1. The number of hydrogen-bond donors (Lipinski definition) is 0. The van der Waals surface area contributed by atoms with Crippen LogP contribution in [0.25, 0.3) is 0 Å². The molecule has 60 valence electrons. The Hall–Kier alpha value is 0.488. The molecule has 0 aromatic carbocycles. The van der Waals surface area contributed by atoms with Crippen molar-refractivity contribution in [1.29, 1.82) is 0 Å². The van der Waals surface area contributed by atoms with Gasteiger partial charge in [0.2, 0.25) is 0 Å². The fraction of sp³-hybridized carbons (Fsp3) is 1.00. The number of nitrogens with zero attached hydrogens (tertiary/aromatic N) is 1. The third kappa shape index (κ3) is 3.61. The van der Waals surface area contributed by atoms with E-state index < -0.39 is 0 Å². The van der Waals surface area contributed by atoms with E-state index in [4.69, 9.17) is 0 Å². The quantitative estimate of drug-likeness (QED) is 0.650. The summed E-state index contributed by atoms with van der Waals surface area (Å²) < 4.78 is 4.39. The van der Waals surface area contributed by atoms with Gasteiger partial charge in [0.05, 0.1) is 0 Å². The summed E-state index contributed by atoms with van der Waals surface area (Å²) in [6.07, 6.45) is 2.37. The maximum absolute atomic E-state index is 4.39. The van der Waals surface area contributed by atoms with Gasteiger partial charge in [-0.25, -0.2) is 0 Å². The molecule has 0 aliphatic rings. The van der Waals surface area contributed by atoms with Crippen LogP contribution in [-0.2, 0) is 19.6 Å². The van der Waals surface area contributed by atoms with E-state index in [9.17, 15) is 0 Å². The zero-order valence-electron chi connectivity index (χ0n) is 7.35. The molecule has 0 amide bonds. The van der Waals surface area contributed by atoms with E-state index in [-0.39, 0.29) is 5.54 Å². The Morgan fingerprint density at radius 2 is 2.00 bits per heavy atom. The van der Waals surface area contributed by atoms with Gasteiger partial charge in [-0.1, -0.05) is 0 Å². The maximum atomic E-state index is 4.39. The van der Waals surface area contributed by atoms with E-state index in [1.54, 1.807) is 0 Å². The number of rotatable bonds is 4. The van der Waals surface area contributed by atoms with Gasteiger partial charge in [-0.05, 0) is 0 Å². The second kappa shape index (κ2) is 4.38. The summed E-state index contributed by atoms with van der Waals surface area (Å²) in [5.41, 5.74) is 0.235. The molecule has 1 nitrogen and oxygen atoms in total. The summed E-state index contributed by atoms with van der Waals surface area (Å²) in [5, 5.41) is 0. The zero-order valence-corrected chi connectivity index (χ0v) is 9.35. The Morgan fingerprint density at radius 1 is 1.50 bits per heavy atom. The van der Waals surface area contributed by atoms with Gasteiger partial charge in [0.25, 0.3) is 0 Å². The van der Waals surface area contributed by atoms with Crippen LogP contribution in [0, 0.1) is 5.92 Å². The Morgan fingerprint density at radius 3 is 2.10 bits per heavy atom. The molecule has 0 heterocycles. The van der Waals surface area contributed by atoms with Gasteiger partial charge in [-0.2, -0.15) is 0 Å². The molecule has 0 aromatic heterocycles. The predicted octanol–water partition coefficient (Wildman–Crippen LogP) is 2.93. The first-order valence-corrected chi connectivity index (χ1v) is 4.78. The molecule has 0 aliphatic heterocycles. The second-order valence-corrected chi connectivity index (χ2v) is 3.99. The second-order valence-electron chi connectivity index (χ2n) is 3.54. The van der Waals surface area contributed by atoms with Crippen molar-refractivity contribution >= 4 is 0 Å². The van der Waals surface area contributed by atoms with E-state index in [1.165, 1.54) is 6.42 Å². The Bertz CT molecular complexity index is 112. The van der Waals surface area contributed by atoms with Gasteiger partial charge in [0.15, 0.2) is 0 Å². The third-order valence-corrected chi connectivity index (χ3v) is 2.91. The van der Waals surface area contributed by atoms with Crippen molar-refractivity contribution in [2.24, 2.45) is 9.41 Å². The van der Waals surface area contributed by atoms with E-state index >= 15 is 0 Å². The third-order valence-electron chi connectivity index (χ3n) is 1.83. The summed E-state index contributed by atoms with van der Waals surface area (Å²) in [5.74, 6) is 0.760. The monoisotopic (exact) mass is 225 g/mol. The van der Waals surface area contributed by atoms with Crippen molar-refractivity contribution in [1.82, 2.24) is 0 Å². The molecule has 0 rings (SSSR count). The summed E-state index contributed by atoms with van der Waals surface area (Å²) in [6.45, 7) is 8.94. The Labute approximate surface area is 75.3 Å². The van der Waals surface area contributed by atoms with Crippen molar-refractivity contribution in [3.63, 3.8) is 0 Å². The average molecular weight is 223 g/mol. The predicted molar refractivity (Wildman–Crippen MR) is 40.6 cm³/mol. The molecule has 2 heteroatoms. The van der Waals surface area contributed by atoms with Gasteiger partial charge in [0, 0.05) is 0 Å². The fourth-order valence-electron chi connectivity index (χ4n) is 1.13. The molecule has 1 atom stereocenters. The van der Waals surface area contributed by atoms with Crippen molar-refractivity contribution in [3.05, 3.63) is 0 Å². The van der Waals surface area contributed by atoms with Crippen LogP contribution in [0.5, 0.6) is 0 Å². The van der Waals surface area contributed by atoms with Crippen LogP contribution in [0.3, 0.4) is 0 Å². The normalized spacial score (nSPS) is 16.9. The molecular formula is C8H17MoN. The molecule has 0 aliphatic carbocycles. The molecule has 0 spiro atoms. The summed E-state index contributed by atoms with van der Waals surface area (Å²) >= 11 is 1.86. The molecule has 0 saturated carbocycles. The van der Waals surface area contributed by atoms with Crippen molar-refractivity contribution in [2.45, 2.75) is 46.1 Å². The van der Waals surface area contributed by atoms with Gasteiger partial charge in [-0.15, -0.1) is 0 Å². The molecule has 0 aromatic rings. The molecule has 0 radical (unpaired) electrons. The topological polar surface area (TPSA) is 12.4 Å². The van der Waals surface area contributed by atoms with Crippen LogP contribution in [-0.4, -0.2) is 5.54 Å². The molecule has 0 fully saturated rings.